The summed E-state index contributed by atoms with van der Waals surface area (Å²) in [5.74, 6) is 0.359. The molecule has 3 atom stereocenters. The van der Waals surface area contributed by atoms with Gasteiger partial charge in [-0.05, 0) is 18.8 Å². The normalized spacial score (nSPS) is 28.1. The number of diazo groups is 1. The SMILES string of the molecule is C=C[C@@H](OC)[C@H]1CCCC[C@@H]1/C(O)=C/[N+]#N. The molecule has 1 N–H and O–H groups in total. The van der Waals surface area contributed by atoms with Crippen LogP contribution in [-0.4, -0.2) is 18.3 Å². The molecule has 0 saturated heterocycles. The van der Waals surface area contributed by atoms with Gasteiger partial charge in [-0.2, -0.15) is 0 Å². The molecule has 4 heteroatoms. The number of allylic oxidation sites excluding steroid dienone is 1. The Morgan fingerprint density at radius 1 is 1.56 bits per heavy atom. The van der Waals surface area contributed by atoms with E-state index in [9.17, 15) is 5.11 Å². The van der Waals surface area contributed by atoms with E-state index in [2.05, 4.69) is 11.6 Å². The second-order valence-electron chi connectivity index (χ2n) is 4.16. The third-order valence-corrected chi connectivity index (χ3v) is 3.32. The smallest absolute Gasteiger partial charge is 0.387 e. The van der Waals surface area contributed by atoms with E-state index < -0.39 is 0 Å². The van der Waals surface area contributed by atoms with Crippen LogP contribution >= 0.6 is 0 Å². The van der Waals surface area contributed by atoms with Gasteiger partial charge in [-0.15, -0.1) is 6.58 Å². The lowest BCUT2D eigenvalue weighted by molar-refractivity contribution is 0.0398. The molecule has 0 heterocycles. The van der Waals surface area contributed by atoms with Crippen molar-refractivity contribution in [1.29, 1.82) is 5.39 Å². The van der Waals surface area contributed by atoms with Gasteiger partial charge in [-0.1, -0.05) is 18.9 Å². The van der Waals surface area contributed by atoms with E-state index in [4.69, 9.17) is 10.1 Å². The van der Waals surface area contributed by atoms with Gasteiger partial charge in [0.2, 0.25) is 5.39 Å². The van der Waals surface area contributed by atoms with Crippen molar-refractivity contribution in [1.82, 2.24) is 0 Å². The Hall–Kier alpha value is -1.34. The lowest BCUT2D eigenvalue weighted by Gasteiger charge is -2.33. The van der Waals surface area contributed by atoms with Gasteiger partial charge in [0, 0.05) is 13.0 Å². The summed E-state index contributed by atoms with van der Waals surface area (Å²) < 4.78 is 5.35. The average molecular weight is 223 g/mol. The first-order valence-electron chi connectivity index (χ1n) is 5.63. The maximum absolute atomic E-state index is 9.80. The number of hydrogen-bond acceptors (Lipinski definition) is 3. The minimum absolute atomic E-state index is 0.00704. The molecule has 0 radical (unpaired) electrons. The van der Waals surface area contributed by atoms with Crippen LogP contribution in [0.1, 0.15) is 25.7 Å². The summed E-state index contributed by atoms with van der Waals surface area (Å²) in [6.45, 7) is 3.75. The Bertz CT molecular complexity index is 307. The van der Waals surface area contributed by atoms with Gasteiger partial charge in [-0.3, -0.25) is 0 Å². The van der Waals surface area contributed by atoms with Crippen molar-refractivity contribution in [3.63, 3.8) is 0 Å². The van der Waals surface area contributed by atoms with Gasteiger partial charge in [-0.25, -0.2) is 0 Å². The quantitative estimate of drug-likeness (QED) is 0.452. The molecule has 1 rings (SSSR count). The van der Waals surface area contributed by atoms with E-state index in [1.54, 1.807) is 13.2 Å². The second-order valence-corrected chi connectivity index (χ2v) is 4.16. The third-order valence-electron chi connectivity index (χ3n) is 3.32. The first-order chi connectivity index (χ1) is 7.74. The number of aliphatic hydroxyl groups is 1. The zero-order chi connectivity index (χ0) is 12.0. The minimum Gasteiger partial charge on any atom is -0.505 e. The van der Waals surface area contributed by atoms with Crippen LogP contribution in [0.4, 0.5) is 0 Å². The molecule has 0 aromatic rings. The Kier molecular flexibility index (Phi) is 5.00. The van der Waals surface area contributed by atoms with E-state index in [-0.39, 0.29) is 23.7 Å². The van der Waals surface area contributed by atoms with Crippen molar-refractivity contribution < 1.29 is 9.84 Å². The monoisotopic (exact) mass is 223 g/mol. The molecule has 0 unspecified atom stereocenters. The van der Waals surface area contributed by atoms with E-state index in [0.717, 1.165) is 31.9 Å². The molecule has 1 aliphatic rings. The maximum atomic E-state index is 9.80. The molecule has 4 nitrogen and oxygen atoms in total. The number of rotatable bonds is 4. The number of hydrogen-bond donors (Lipinski definition) is 1. The van der Waals surface area contributed by atoms with Crippen molar-refractivity contribution in [2.75, 3.05) is 7.11 Å². The van der Waals surface area contributed by atoms with Crippen molar-refractivity contribution >= 4 is 0 Å². The van der Waals surface area contributed by atoms with Gasteiger partial charge in [0.25, 0.3) is 0 Å². The van der Waals surface area contributed by atoms with Crippen molar-refractivity contribution in [2.24, 2.45) is 11.8 Å². The topological polar surface area (TPSA) is 57.6 Å². The van der Waals surface area contributed by atoms with E-state index in [0.29, 0.717) is 0 Å². The van der Waals surface area contributed by atoms with Crippen LogP contribution in [-0.2, 0) is 4.74 Å². The fraction of sp³-hybridized carbons (Fsp3) is 0.667. The van der Waals surface area contributed by atoms with Gasteiger partial charge in [0.15, 0.2) is 10.7 Å². The number of methoxy groups -OCH3 is 1. The Balaban J connectivity index is 2.82. The van der Waals surface area contributed by atoms with Crippen molar-refractivity contribution in [3.8, 4) is 0 Å². The molecule has 1 fully saturated rings. The maximum Gasteiger partial charge on any atom is 0.387 e. The zero-order valence-electron chi connectivity index (χ0n) is 9.67. The summed E-state index contributed by atoms with van der Waals surface area (Å²) in [5, 5.41) is 18.2. The van der Waals surface area contributed by atoms with E-state index >= 15 is 0 Å². The first kappa shape index (κ1) is 12.7. The largest absolute Gasteiger partial charge is 0.505 e. The van der Waals surface area contributed by atoms with Gasteiger partial charge >= 0.3 is 6.20 Å². The zero-order valence-corrected chi connectivity index (χ0v) is 9.67. The lowest BCUT2D eigenvalue weighted by Crippen LogP contribution is -2.31. The molecular formula is C12H19N2O2+. The fourth-order valence-corrected chi connectivity index (χ4v) is 2.52. The molecule has 16 heavy (non-hydrogen) atoms. The highest BCUT2D eigenvalue weighted by atomic mass is 16.5. The first-order valence-corrected chi connectivity index (χ1v) is 5.63. The Morgan fingerprint density at radius 2 is 2.25 bits per heavy atom. The summed E-state index contributed by atoms with van der Waals surface area (Å²) >= 11 is 0. The average Bonchev–Trinajstić information content (AvgIpc) is 2.31. The van der Waals surface area contributed by atoms with E-state index in [1.165, 1.54) is 0 Å². The fourth-order valence-electron chi connectivity index (χ4n) is 2.52. The third kappa shape index (κ3) is 2.83. The van der Waals surface area contributed by atoms with Gasteiger partial charge < -0.3 is 9.84 Å². The molecule has 1 aliphatic carbocycles. The molecule has 0 bridgehead atoms. The van der Waals surface area contributed by atoms with Crippen molar-refractivity contribution in [2.45, 2.75) is 31.8 Å². The predicted molar refractivity (Wildman–Crippen MR) is 62.2 cm³/mol. The molecule has 0 aromatic carbocycles. The standard InChI is InChI=1S/C12H18N2O2/c1-3-12(16-2)10-7-5-4-6-9(10)11(15)8-14-13/h3,8-10,12H,1,4-7H2,2H3/p+1/b11-8-/t9-,10-,12+/m0/s1. The van der Waals surface area contributed by atoms with E-state index in [1.807, 2.05) is 0 Å². The molecule has 0 aromatic heterocycles. The highest BCUT2D eigenvalue weighted by Gasteiger charge is 2.34. The number of aliphatic hydroxyl groups excluding tert-OH is 1. The van der Waals surface area contributed by atoms with Crippen LogP contribution in [0.3, 0.4) is 0 Å². The highest BCUT2D eigenvalue weighted by Crippen LogP contribution is 2.37. The van der Waals surface area contributed by atoms with Crippen LogP contribution in [0.2, 0.25) is 0 Å². The lowest BCUT2D eigenvalue weighted by atomic mass is 9.75. The number of ether oxygens (including phenoxy) is 1. The molecule has 88 valence electrons. The summed E-state index contributed by atoms with van der Waals surface area (Å²) in [4.78, 5) is 2.88. The van der Waals surface area contributed by atoms with Crippen molar-refractivity contribution in [3.05, 3.63) is 29.6 Å². The highest BCUT2D eigenvalue weighted by molar-refractivity contribution is 5.06. The minimum atomic E-state index is -0.0560. The Morgan fingerprint density at radius 3 is 2.81 bits per heavy atom. The van der Waals surface area contributed by atoms with Crippen LogP contribution in [0, 0.1) is 17.2 Å². The molecule has 1 saturated carbocycles. The predicted octanol–water partition coefficient (Wildman–Crippen LogP) is 3.25. The van der Waals surface area contributed by atoms with Gasteiger partial charge in [0.1, 0.15) is 0 Å². The van der Waals surface area contributed by atoms with Crippen LogP contribution in [0.25, 0.3) is 4.98 Å². The molecule has 0 spiro atoms. The molecular weight excluding hydrogens is 204 g/mol. The van der Waals surface area contributed by atoms with Crippen LogP contribution < -0.4 is 0 Å². The van der Waals surface area contributed by atoms with Gasteiger partial charge in [0.05, 0.1) is 6.10 Å². The van der Waals surface area contributed by atoms with Crippen LogP contribution in [0.15, 0.2) is 24.6 Å². The molecule has 0 aliphatic heterocycles. The summed E-state index contributed by atoms with van der Waals surface area (Å²) in [7, 11) is 1.65. The van der Waals surface area contributed by atoms with Crippen LogP contribution in [0.5, 0.6) is 0 Å². The summed E-state index contributed by atoms with van der Waals surface area (Å²) in [5.41, 5.74) is 0. The number of nitrogens with zero attached hydrogens (tertiary/aromatic N) is 2. The molecule has 0 amide bonds. The summed E-state index contributed by atoms with van der Waals surface area (Å²) in [6, 6.07) is 0. The Labute approximate surface area is 96.2 Å². The summed E-state index contributed by atoms with van der Waals surface area (Å²) in [6.07, 6.45) is 6.94. The second kappa shape index (κ2) is 6.29.